The molecule has 0 radical (unpaired) electrons. The molecule has 1 aliphatic heterocycles. The van der Waals surface area contributed by atoms with Crippen LogP contribution in [0.25, 0.3) is 0 Å². The molecule has 6 nitrogen and oxygen atoms in total. The molecule has 2 heterocycles. The van der Waals surface area contributed by atoms with Gasteiger partial charge in [-0.1, -0.05) is 0 Å². The molecule has 0 spiro atoms. The van der Waals surface area contributed by atoms with E-state index in [1.54, 1.807) is 12.1 Å². The van der Waals surface area contributed by atoms with E-state index in [0.717, 1.165) is 19.3 Å². The first kappa shape index (κ1) is 18.5. The number of hydrogen-bond donors (Lipinski definition) is 0. The Kier molecular flexibility index (Phi) is 6.04. The average molecular weight is 336 g/mol. The van der Waals surface area contributed by atoms with Crippen LogP contribution in [0, 0.1) is 0 Å². The highest BCUT2D eigenvalue weighted by atomic mass is 16.6. The summed E-state index contributed by atoms with van der Waals surface area (Å²) < 4.78 is 10.7. The molecular weight excluding hydrogens is 308 g/mol. The fourth-order valence-corrected chi connectivity index (χ4v) is 2.94. The molecule has 1 atom stereocenters. The van der Waals surface area contributed by atoms with E-state index in [4.69, 9.17) is 9.15 Å². The van der Waals surface area contributed by atoms with E-state index in [0.29, 0.717) is 18.8 Å². The van der Waals surface area contributed by atoms with E-state index >= 15 is 0 Å². The molecule has 0 bridgehead atoms. The fourth-order valence-electron chi connectivity index (χ4n) is 2.94. The Balaban J connectivity index is 1.92. The highest BCUT2D eigenvalue weighted by Crippen LogP contribution is 2.21. The summed E-state index contributed by atoms with van der Waals surface area (Å²) in [5, 5.41) is 0. The van der Waals surface area contributed by atoms with Crippen LogP contribution in [0.3, 0.4) is 0 Å². The molecular formula is C18H28N2O4. The standard InChI is InChI=1S/C18H28N2O4/c1-18(2,3)24-17(22)20-10-6-5-8-14(20)12-19(4)13-15(21)16-9-7-11-23-16/h7,9,11,14H,5-6,8,10,12-13H2,1-4H3/t14-/m0/s1. The lowest BCUT2D eigenvalue weighted by Gasteiger charge is -2.38. The molecule has 1 amide bonds. The molecule has 2 rings (SSSR count). The third-order valence-corrected chi connectivity index (χ3v) is 3.99. The molecule has 1 saturated heterocycles. The molecule has 6 heteroatoms. The number of piperidine rings is 1. The minimum absolute atomic E-state index is 0.0536. The second-order valence-electron chi connectivity index (χ2n) is 7.42. The number of hydrogen-bond acceptors (Lipinski definition) is 5. The Hall–Kier alpha value is -1.82. The third-order valence-electron chi connectivity index (χ3n) is 3.99. The number of ether oxygens (including phenoxy) is 1. The van der Waals surface area contributed by atoms with Crippen molar-refractivity contribution in [3.8, 4) is 0 Å². The number of ketones is 1. The first-order chi connectivity index (χ1) is 11.3. The summed E-state index contributed by atoms with van der Waals surface area (Å²) in [5.41, 5.74) is -0.500. The maximum Gasteiger partial charge on any atom is 0.410 e. The van der Waals surface area contributed by atoms with Crippen LogP contribution in [0.1, 0.15) is 50.6 Å². The topological polar surface area (TPSA) is 63.0 Å². The highest BCUT2D eigenvalue weighted by Gasteiger charge is 2.31. The smallest absolute Gasteiger partial charge is 0.410 e. The molecule has 0 aliphatic carbocycles. The van der Waals surface area contributed by atoms with Gasteiger partial charge in [0, 0.05) is 19.1 Å². The number of likely N-dealkylation sites (tertiary alicyclic amines) is 1. The molecule has 1 aromatic heterocycles. The Morgan fingerprint density at radius 1 is 1.38 bits per heavy atom. The van der Waals surface area contributed by atoms with Gasteiger partial charge in [-0.25, -0.2) is 4.79 Å². The van der Waals surface area contributed by atoms with Gasteiger partial charge in [0.15, 0.2) is 5.76 Å². The fraction of sp³-hybridized carbons (Fsp3) is 0.667. The van der Waals surface area contributed by atoms with E-state index in [1.807, 2.05) is 37.6 Å². The number of carbonyl (C=O) groups excluding carboxylic acids is 2. The normalized spacial score (nSPS) is 18.7. The monoisotopic (exact) mass is 336 g/mol. The van der Waals surface area contributed by atoms with Crippen molar-refractivity contribution in [1.29, 1.82) is 0 Å². The zero-order chi connectivity index (χ0) is 17.7. The van der Waals surface area contributed by atoms with E-state index in [1.165, 1.54) is 6.26 Å². The summed E-state index contributed by atoms with van der Waals surface area (Å²) in [4.78, 5) is 28.3. The van der Waals surface area contributed by atoms with Crippen LogP contribution in [0.4, 0.5) is 4.79 Å². The predicted molar refractivity (Wildman–Crippen MR) is 91.1 cm³/mol. The van der Waals surface area contributed by atoms with Crippen LogP contribution in [0.5, 0.6) is 0 Å². The van der Waals surface area contributed by atoms with Crippen LogP contribution in [-0.4, -0.2) is 60.0 Å². The number of Topliss-reactive ketones (excluding diaryl/α,β-unsaturated/α-hetero) is 1. The van der Waals surface area contributed by atoms with Crippen molar-refractivity contribution in [1.82, 2.24) is 9.80 Å². The first-order valence-electron chi connectivity index (χ1n) is 8.51. The molecule has 0 saturated carbocycles. The van der Waals surface area contributed by atoms with Crippen molar-refractivity contribution in [3.63, 3.8) is 0 Å². The van der Waals surface area contributed by atoms with E-state index in [-0.39, 0.29) is 24.5 Å². The Morgan fingerprint density at radius 3 is 2.75 bits per heavy atom. The molecule has 0 unspecified atom stereocenters. The molecule has 1 aromatic rings. The van der Waals surface area contributed by atoms with Gasteiger partial charge in [0.2, 0.25) is 5.78 Å². The number of nitrogens with zero attached hydrogens (tertiary/aromatic N) is 2. The highest BCUT2D eigenvalue weighted by molar-refractivity contribution is 5.94. The summed E-state index contributed by atoms with van der Waals surface area (Å²) in [5.74, 6) is 0.316. The van der Waals surface area contributed by atoms with Crippen LogP contribution >= 0.6 is 0 Å². The summed E-state index contributed by atoms with van der Waals surface area (Å²) >= 11 is 0. The minimum atomic E-state index is -0.500. The molecule has 0 N–H and O–H groups in total. The maximum atomic E-state index is 12.4. The lowest BCUT2D eigenvalue weighted by Crippen LogP contribution is -2.50. The molecule has 0 aromatic carbocycles. The maximum absolute atomic E-state index is 12.4. The quantitative estimate of drug-likeness (QED) is 0.773. The van der Waals surface area contributed by atoms with Gasteiger partial charge in [0.25, 0.3) is 0 Å². The Bertz CT molecular complexity index is 548. The molecule has 1 aliphatic rings. The zero-order valence-corrected chi connectivity index (χ0v) is 15.1. The number of rotatable bonds is 5. The summed E-state index contributed by atoms with van der Waals surface area (Å²) in [6.45, 7) is 7.24. The van der Waals surface area contributed by atoms with Crippen LogP contribution < -0.4 is 0 Å². The number of amides is 1. The van der Waals surface area contributed by atoms with Crippen LogP contribution in [-0.2, 0) is 4.74 Å². The second-order valence-corrected chi connectivity index (χ2v) is 7.42. The van der Waals surface area contributed by atoms with Crippen molar-refractivity contribution in [2.75, 3.05) is 26.7 Å². The lowest BCUT2D eigenvalue weighted by molar-refractivity contribution is 0.00635. The minimum Gasteiger partial charge on any atom is -0.461 e. The van der Waals surface area contributed by atoms with Gasteiger partial charge in [-0.3, -0.25) is 9.69 Å². The Labute approximate surface area is 143 Å². The SMILES string of the molecule is CN(CC(=O)c1ccco1)C[C@@H]1CCCCN1C(=O)OC(C)(C)C. The van der Waals surface area contributed by atoms with Crippen molar-refractivity contribution >= 4 is 11.9 Å². The zero-order valence-electron chi connectivity index (χ0n) is 15.1. The van der Waals surface area contributed by atoms with Gasteiger partial charge in [-0.05, 0) is 59.2 Å². The Morgan fingerprint density at radius 2 is 2.12 bits per heavy atom. The van der Waals surface area contributed by atoms with Crippen LogP contribution in [0.15, 0.2) is 22.8 Å². The molecule has 1 fully saturated rings. The van der Waals surface area contributed by atoms with Crippen molar-refractivity contribution in [3.05, 3.63) is 24.2 Å². The molecule has 134 valence electrons. The summed E-state index contributed by atoms with van der Waals surface area (Å²) in [6, 6.07) is 3.45. The summed E-state index contributed by atoms with van der Waals surface area (Å²) in [7, 11) is 1.89. The second kappa shape index (κ2) is 7.83. The van der Waals surface area contributed by atoms with Gasteiger partial charge >= 0.3 is 6.09 Å². The van der Waals surface area contributed by atoms with Crippen molar-refractivity contribution in [2.24, 2.45) is 0 Å². The predicted octanol–water partition coefficient (Wildman–Crippen LogP) is 3.18. The average Bonchev–Trinajstić information content (AvgIpc) is 3.00. The first-order valence-corrected chi connectivity index (χ1v) is 8.51. The van der Waals surface area contributed by atoms with Gasteiger partial charge in [0.05, 0.1) is 12.8 Å². The van der Waals surface area contributed by atoms with E-state index in [9.17, 15) is 9.59 Å². The number of likely N-dealkylation sites (N-methyl/N-ethyl adjacent to an activating group) is 1. The van der Waals surface area contributed by atoms with Crippen LogP contribution in [0.2, 0.25) is 0 Å². The van der Waals surface area contributed by atoms with E-state index < -0.39 is 5.60 Å². The summed E-state index contributed by atoms with van der Waals surface area (Å²) in [6.07, 6.45) is 4.24. The van der Waals surface area contributed by atoms with Crippen molar-refractivity contribution < 1.29 is 18.7 Å². The van der Waals surface area contributed by atoms with Crippen molar-refractivity contribution in [2.45, 2.75) is 51.7 Å². The largest absolute Gasteiger partial charge is 0.461 e. The molecule has 24 heavy (non-hydrogen) atoms. The van der Waals surface area contributed by atoms with Gasteiger partial charge in [-0.2, -0.15) is 0 Å². The third kappa shape index (κ3) is 5.37. The van der Waals surface area contributed by atoms with Gasteiger partial charge in [-0.15, -0.1) is 0 Å². The number of furan rings is 1. The van der Waals surface area contributed by atoms with Gasteiger partial charge in [0.1, 0.15) is 5.60 Å². The lowest BCUT2D eigenvalue weighted by atomic mass is 10.0. The van der Waals surface area contributed by atoms with E-state index in [2.05, 4.69) is 0 Å². The van der Waals surface area contributed by atoms with Gasteiger partial charge < -0.3 is 14.1 Å². The number of carbonyl (C=O) groups is 2.